The van der Waals surface area contributed by atoms with Crippen LogP contribution >= 0.6 is 11.6 Å². The van der Waals surface area contributed by atoms with E-state index in [0.29, 0.717) is 28.7 Å². The van der Waals surface area contributed by atoms with E-state index in [1.165, 1.54) is 9.13 Å². The number of hydrogen-bond donors (Lipinski definition) is 0. The summed E-state index contributed by atoms with van der Waals surface area (Å²) in [6.07, 6.45) is 0. The van der Waals surface area contributed by atoms with E-state index in [9.17, 15) is 9.59 Å². The lowest BCUT2D eigenvalue weighted by molar-refractivity contribution is 0.653. The first-order valence-electron chi connectivity index (χ1n) is 8.09. The number of aryl methyl sites for hydroxylation is 1. The van der Waals surface area contributed by atoms with Crippen LogP contribution in [0.1, 0.15) is 12.5 Å². The predicted molar refractivity (Wildman–Crippen MR) is 101 cm³/mol. The molecular weight excluding hydrogens is 356 g/mol. The molecule has 0 saturated carbocycles. The van der Waals surface area contributed by atoms with Crippen LogP contribution in [-0.4, -0.2) is 31.4 Å². The second kappa shape index (κ2) is 5.84. The van der Waals surface area contributed by atoms with Crippen LogP contribution in [0.2, 0.25) is 5.02 Å². The smallest absolute Gasteiger partial charge is 0.297 e. The second-order valence-electron chi connectivity index (χ2n) is 6.39. The topological polar surface area (TPSA) is 77.4 Å². The van der Waals surface area contributed by atoms with Gasteiger partial charge in [0.05, 0.1) is 18.8 Å². The third kappa shape index (κ3) is 2.45. The monoisotopic (exact) mass is 372 g/mol. The summed E-state index contributed by atoms with van der Waals surface area (Å²) < 4.78 is 4.41. The average Bonchev–Trinajstić information content (AvgIpc) is 2.97. The zero-order valence-electron chi connectivity index (χ0n) is 14.6. The highest BCUT2D eigenvalue weighted by Crippen LogP contribution is 2.22. The van der Waals surface area contributed by atoms with Crippen molar-refractivity contribution in [3.05, 3.63) is 55.7 Å². The van der Waals surface area contributed by atoms with Crippen molar-refractivity contribution in [3.8, 4) is 0 Å². The first kappa shape index (κ1) is 16.6. The van der Waals surface area contributed by atoms with E-state index >= 15 is 0 Å². The van der Waals surface area contributed by atoms with Gasteiger partial charge in [0.1, 0.15) is 0 Å². The molecule has 0 N–H and O–H groups in total. The van der Waals surface area contributed by atoms with Gasteiger partial charge in [-0.05, 0) is 24.6 Å². The Morgan fingerprint density at radius 2 is 2.00 bits per heavy atom. The molecule has 1 aliphatic heterocycles. The van der Waals surface area contributed by atoms with E-state index in [4.69, 9.17) is 11.6 Å². The molecule has 9 heteroatoms. The van der Waals surface area contributed by atoms with Gasteiger partial charge in [-0.2, -0.15) is 10.1 Å². The van der Waals surface area contributed by atoms with Crippen LogP contribution in [0, 0.1) is 0 Å². The van der Waals surface area contributed by atoms with Crippen LogP contribution in [0.5, 0.6) is 0 Å². The Kier molecular flexibility index (Phi) is 3.73. The molecule has 0 aliphatic carbocycles. The number of imidazole rings is 1. The van der Waals surface area contributed by atoms with E-state index in [-0.39, 0.29) is 12.1 Å². The van der Waals surface area contributed by atoms with Crippen molar-refractivity contribution in [1.82, 2.24) is 18.7 Å². The molecule has 2 aromatic heterocycles. The Hall–Kier alpha value is -2.87. The average molecular weight is 373 g/mol. The number of hydrogen-bond acceptors (Lipinski definition) is 5. The summed E-state index contributed by atoms with van der Waals surface area (Å²) in [7, 11) is 3.38. The third-order valence-electron chi connectivity index (χ3n) is 4.44. The molecule has 0 fully saturated rings. The number of hydrazone groups is 1. The number of benzene rings is 1. The van der Waals surface area contributed by atoms with Crippen molar-refractivity contribution in [2.45, 2.75) is 20.0 Å². The summed E-state index contributed by atoms with van der Waals surface area (Å²) in [5, 5.41) is 6.53. The van der Waals surface area contributed by atoms with Gasteiger partial charge >= 0.3 is 5.69 Å². The van der Waals surface area contributed by atoms with Crippen LogP contribution in [0.25, 0.3) is 11.2 Å². The number of anilines is 1. The Labute approximate surface area is 153 Å². The van der Waals surface area contributed by atoms with Crippen molar-refractivity contribution in [2.24, 2.45) is 12.1 Å². The highest BCUT2D eigenvalue weighted by Gasteiger charge is 2.24. The molecule has 0 bridgehead atoms. The van der Waals surface area contributed by atoms with Gasteiger partial charge in [-0.25, -0.2) is 9.80 Å². The summed E-state index contributed by atoms with van der Waals surface area (Å²) in [5.74, 6) is 0.540. The first-order valence-corrected chi connectivity index (χ1v) is 8.47. The molecule has 3 aromatic rings. The van der Waals surface area contributed by atoms with Crippen LogP contribution in [0.3, 0.4) is 0 Å². The largest absolute Gasteiger partial charge is 0.332 e. The summed E-state index contributed by atoms with van der Waals surface area (Å²) in [6, 6.07) is 7.12. The molecule has 0 spiro atoms. The Morgan fingerprint density at radius 1 is 1.23 bits per heavy atom. The highest BCUT2D eigenvalue weighted by molar-refractivity contribution is 6.30. The van der Waals surface area contributed by atoms with Crippen LogP contribution in [0.15, 0.2) is 39.0 Å². The molecule has 26 heavy (non-hydrogen) atoms. The highest BCUT2D eigenvalue weighted by atomic mass is 35.5. The molecule has 0 radical (unpaired) electrons. The van der Waals surface area contributed by atoms with Gasteiger partial charge in [-0.3, -0.25) is 18.5 Å². The van der Waals surface area contributed by atoms with Gasteiger partial charge in [0, 0.05) is 19.1 Å². The Morgan fingerprint density at radius 3 is 2.73 bits per heavy atom. The van der Waals surface area contributed by atoms with Crippen molar-refractivity contribution >= 4 is 34.4 Å². The Balaban J connectivity index is 1.97. The fourth-order valence-electron chi connectivity index (χ4n) is 3.28. The second-order valence-corrected chi connectivity index (χ2v) is 6.83. The molecule has 3 heterocycles. The minimum absolute atomic E-state index is 0.144. The molecule has 1 aliphatic rings. The van der Waals surface area contributed by atoms with Crippen LogP contribution in [0.4, 0.5) is 5.95 Å². The standard InChI is InChI=1S/C17H17ClN6O2/c1-10-8-23-13-14(19-16(23)22(3)20-10)21(2)17(26)24(15(13)25)9-11-5-4-6-12(18)7-11/h4-7H,8-9H2,1-3H3. The SMILES string of the molecule is CC1=NN(C)c2nc3c(c(=O)n(Cc4cccc(Cl)c4)c(=O)n3C)n2C1. The van der Waals surface area contributed by atoms with E-state index in [0.717, 1.165) is 11.3 Å². The number of rotatable bonds is 2. The number of halogens is 1. The molecule has 8 nitrogen and oxygen atoms in total. The van der Waals surface area contributed by atoms with Crippen LogP contribution in [-0.2, 0) is 20.1 Å². The van der Waals surface area contributed by atoms with Gasteiger partial charge < -0.3 is 0 Å². The molecule has 0 atom stereocenters. The molecule has 4 rings (SSSR count). The summed E-state index contributed by atoms with van der Waals surface area (Å²) in [6.45, 7) is 2.49. The lowest BCUT2D eigenvalue weighted by Gasteiger charge is -2.20. The molecular formula is C17H17ClN6O2. The summed E-state index contributed by atoms with van der Waals surface area (Å²) in [4.78, 5) is 30.4. The van der Waals surface area contributed by atoms with E-state index in [2.05, 4.69) is 10.1 Å². The Bertz CT molecular complexity index is 1190. The molecule has 1 aromatic carbocycles. The third-order valence-corrected chi connectivity index (χ3v) is 4.67. The fourth-order valence-corrected chi connectivity index (χ4v) is 3.49. The van der Waals surface area contributed by atoms with Crippen molar-refractivity contribution in [2.75, 3.05) is 12.1 Å². The van der Waals surface area contributed by atoms with Gasteiger partial charge in [0.15, 0.2) is 11.2 Å². The van der Waals surface area contributed by atoms with Crippen LogP contribution < -0.4 is 16.3 Å². The number of aromatic nitrogens is 4. The number of nitrogens with zero attached hydrogens (tertiary/aromatic N) is 6. The van der Waals surface area contributed by atoms with E-state index < -0.39 is 5.69 Å². The van der Waals surface area contributed by atoms with Crippen molar-refractivity contribution in [1.29, 1.82) is 0 Å². The lowest BCUT2D eigenvalue weighted by atomic mass is 10.2. The minimum atomic E-state index is -0.418. The number of fused-ring (bicyclic) bond motifs is 3. The van der Waals surface area contributed by atoms with Crippen molar-refractivity contribution < 1.29 is 0 Å². The predicted octanol–water partition coefficient (Wildman–Crippen LogP) is 1.42. The van der Waals surface area contributed by atoms with Gasteiger partial charge in [0.25, 0.3) is 5.56 Å². The quantitative estimate of drug-likeness (QED) is 0.681. The summed E-state index contributed by atoms with van der Waals surface area (Å²) in [5.41, 5.74) is 1.60. The summed E-state index contributed by atoms with van der Waals surface area (Å²) >= 11 is 6.02. The maximum absolute atomic E-state index is 13.1. The molecule has 0 unspecified atom stereocenters. The van der Waals surface area contributed by atoms with Gasteiger partial charge in [0.2, 0.25) is 5.95 Å². The van der Waals surface area contributed by atoms with E-state index in [1.54, 1.807) is 41.9 Å². The van der Waals surface area contributed by atoms with Gasteiger partial charge in [-0.1, -0.05) is 23.7 Å². The lowest BCUT2D eigenvalue weighted by Crippen LogP contribution is -2.40. The van der Waals surface area contributed by atoms with Gasteiger partial charge in [-0.15, -0.1) is 0 Å². The normalized spacial score (nSPS) is 13.8. The molecule has 0 amide bonds. The zero-order valence-corrected chi connectivity index (χ0v) is 15.4. The fraction of sp³-hybridized carbons (Fsp3) is 0.294. The maximum Gasteiger partial charge on any atom is 0.332 e. The first-order chi connectivity index (χ1) is 12.4. The minimum Gasteiger partial charge on any atom is -0.297 e. The van der Waals surface area contributed by atoms with E-state index in [1.807, 2.05) is 13.0 Å². The molecule has 0 saturated heterocycles. The zero-order chi connectivity index (χ0) is 18.6. The van der Waals surface area contributed by atoms with Crippen molar-refractivity contribution in [3.63, 3.8) is 0 Å². The molecule has 134 valence electrons. The maximum atomic E-state index is 13.1.